The lowest BCUT2D eigenvalue weighted by Crippen LogP contribution is -2.46. The zero-order valence-corrected chi connectivity index (χ0v) is 10.1. The summed E-state index contributed by atoms with van der Waals surface area (Å²) in [6.07, 6.45) is 0. The van der Waals surface area contributed by atoms with E-state index < -0.39 is 10.0 Å². The molecule has 1 atom stereocenters. The highest BCUT2D eigenvalue weighted by Gasteiger charge is 2.31. The van der Waals surface area contributed by atoms with Crippen LogP contribution in [0.2, 0.25) is 0 Å². The summed E-state index contributed by atoms with van der Waals surface area (Å²) < 4.78 is 31.4. The monoisotopic (exact) mass is 247 g/mol. The predicted molar refractivity (Wildman–Crippen MR) is 58.5 cm³/mol. The minimum absolute atomic E-state index is 0.0779. The third-order valence-electron chi connectivity index (χ3n) is 2.36. The molecule has 0 aliphatic carbocycles. The maximum atomic E-state index is 12.1. The first-order valence-corrected chi connectivity index (χ1v) is 7.07. The molecule has 0 bridgehead atoms. The van der Waals surface area contributed by atoms with Gasteiger partial charge in [0.25, 0.3) is 10.0 Å². The molecule has 0 spiro atoms. The Kier molecular flexibility index (Phi) is 3.11. The maximum Gasteiger partial charge on any atom is 0.252 e. The molecule has 6 heteroatoms. The average Bonchev–Trinajstić information content (AvgIpc) is 2.71. The van der Waals surface area contributed by atoms with E-state index in [-0.39, 0.29) is 6.04 Å². The van der Waals surface area contributed by atoms with Gasteiger partial charge in [-0.25, -0.2) is 8.42 Å². The second-order valence-electron chi connectivity index (χ2n) is 3.47. The first kappa shape index (κ1) is 11.1. The summed E-state index contributed by atoms with van der Waals surface area (Å²) in [5.74, 6) is 0. The molecule has 0 unspecified atom stereocenters. The number of thiophene rings is 1. The second-order valence-corrected chi connectivity index (χ2v) is 6.54. The smallest absolute Gasteiger partial charge is 0.252 e. The van der Waals surface area contributed by atoms with Crippen molar-refractivity contribution in [1.82, 2.24) is 4.31 Å². The summed E-state index contributed by atoms with van der Waals surface area (Å²) in [4.78, 5) is 0. The van der Waals surface area contributed by atoms with Crippen molar-refractivity contribution in [3.05, 3.63) is 17.5 Å². The zero-order valence-electron chi connectivity index (χ0n) is 8.42. The normalized spacial score (nSPS) is 24.2. The van der Waals surface area contributed by atoms with E-state index in [2.05, 4.69) is 0 Å². The van der Waals surface area contributed by atoms with E-state index in [0.717, 1.165) is 0 Å². The molecule has 0 radical (unpaired) electrons. The average molecular weight is 247 g/mol. The van der Waals surface area contributed by atoms with Crippen molar-refractivity contribution >= 4 is 21.4 Å². The van der Waals surface area contributed by atoms with E-state index in [1.807, 2.05) is 6.92 Å². The Morgan fingerprint density at radius 3 is 3.00 bits per heavy atom. The maximum absolute atomic E-state index is 12.1. The predicted octanol–water partition coefficient (Wildman–Crippen LogP) is 1.16. The summed E-state index contributed by atoms with van der Waals surface area (Å²) in [7, 11) is -3.30. The van der Waals surface area contributed by atoms with Crippen LogP contribution in [-0.2, 0) is 14.8 Å². The summed E-state index contributed by atoms with van der Waals surface area (Å²) in [6.45, 7) is 3.27. The minimum Gasteiger partial charge on any atom is -0.378 e. The van der Waals surface area contributed by atoms with Gasteiger partial charge in [-0.2, -0.15) is 4.31 Å². The standard InChI is InChI=1S/C9H13NO3S2/c1-8-7-13-5-4-10(8)15(11,12)9-3-2-6-14-9/h2-3,6,8H,4-5,7H2,1H3/t8-/m0/s1. The lowest BCUT2D eigenvalue weighted by Gasteiger charge is -2.31. The quantitative estimate of drug-likeness (QED) is 0.788. The SMILES string of the molecule is C[C@H]1COCCN1S(=O)(=O)c1cccs1. The van der Waals surface area contributed by atoms with Gasteiger partial charge in [-0.15, -0.1) is 11.3 Å². The highest BCUT2D eigenvalue weighted by Crippen LogP contribution is 2.23. The summed E-state index contributed by atoms with van der Waals surface area (Å²) in [5.41, 5.74) is 0. The Morgan fingerprint density at radius 1 is 1.60 bits per heavy atom. The molecule has 0 saturated carbocycles. The molecule has 1 saturated heterocycles. The molecule has 1 aromatic heterocycles. The number of morpholine rings is 1. The van der Waals surface area contributed by atoms with Crippen LogP contribution in [0.15, 0.2) is 21.7 Å². The van der Waals surface area contributed by atoms with E-state index in [9.17, 15) is 8.42 Å². The Bertz CT molecular complexity index is 413. The molecule has 15 heavy (non-hydrogen) atoms. The number of hydrogen-bond acceptors (Lipinski definition) is 4. The van der Waals surface area contributed by atoms with E-state index in [4.69, 9.17) is 4.74 Å². The topological polar surface area (TPSA) is 46.6 Å². The van der Waals surface area contributed by atoms with Gasteiger partial charge >= 0.3 is 0 Å². The molecular formula is C9H13NO3S2. The van der Waals surface area contributed by atoms with E-state index in [1.54, 1.807) is 17.5 Å². The molecule has 1 aliphatic heterocycles. The van der Waals surface area contributed by atoms with Gasteiger partial charge in [0.2, 0.25) is 0 Å². The third kappa shape index (κ3) is 2.08. The van der Waals surface area contributed by atoms with Crippen LogP contribution < -0.4 is 0 Å². The van der Waals surface area contributed by atoms with Crippen molar-refractivity contribution in [3.8, 4) is 0 Å². The van der Waals surface area contributed by atoms with Crippen molar-refractivity contribution in [2.24, 2.45) is 0 Å². The molecule has 1 aliphatic rings. The van der Waals surface area contributed by atoms with Crippen LogP contribution in [0.3, 0.4) is 0 Å². The van der Waals surface area contributed by atoms with Gasteiger partial charge in [-0.3, -0.25) is 0 Å². The summed E-state index contributed by atoms with van der Waals surface area (Å²) in [5, 5.41) is 1.78. The number of hydrogen-bond donors (Lipinski definition) is 0. The van der Waals surface area contributed by atoms with Crippen LogP contribution in [0.25, 0.3) is 0 Å². The molecule has 0 N–H and O–H groups in total. The highest BCUT2D eigenvalue weighted by atomic mass is 32.2. The van der Waals surface area contributed by atoms with Crippen molar-refractivity contribution in [2.45, 2.75) is 17.2 Å². The van der Waals surface area contributed by atoms with E-state index in [0.29, 0.717) is 24.0 Å². The molecule has 2 heterocycles. The molecule has 4 nitrogen and oxygen atoms in total. The van der Waals surface area contributed by atoms with Crippen LogP contribution in [-0.4, -0.2) is 38.5 Å². The van der Waals surface area contributed by atoms with Crippen molar-refractivity contribution in [2.75, 3.05) is 19.8 Å². The Balaban J connectivity index is 2.29. The van der Waals surface area contributed by atoms with Gasteiger partial charge in [-0.1, -0.05) is 6.07 Å². The molecule has 1 fully saturated rings. The van der Waals surface area contributed by atoms with Gasteiger partial charge in [0.15, 0.2) is 0 Å². The van der Waals surface area contributed by atoms with Gasteiger partial charge in [0, 0.05) is 12.6 Å². The fraction of sp³-hybridized carbons (Fsp3) is 0.556. The van der Waals surface area contributed by atoms with E-state index >= 15 is 0 Å². The molecule has 0 aromatic carbocycles. The zero-order chi connectivity index (χ0) is 10.9. The molecule has 0 amide bonds. The van der Waals surface area contributed by atoms with Crippen molar-refractivity contribution in [3.63, 3.8) is 0 Å². The van der Waals surface area contributed by atoms with Gasteiger partial charge in [0.05, 0.1) is 13.2 Å². The highest BCUT2D eigenvalue weighted by molar-refractivity contribution is 7.91. The second kappa shape index (κ2) is 4.21. The van der Waals surface area contributed by atoms with Gasteiger partial charge in [-0.05, 0) is 18.4 Å². The van der Waals surface area contributed by atoms with Crippen molar-refractivity contribution < 1.29 is 13.2 Å². The van der Waals surface area contributed by atoms with Crippen LogP contribution in [0.5, 0.6) is 0 Å². The molecular weight excluding hydrogens is 234 g/mol. The lowest BCUT2D eigenvalue weighted by atomic mass is 10.3. The first-order valence-electron chi connectivity index (χ1n) is 4.75. The minimum atomic E-state index is -3.30. The first-order chi connectivity index (χ1) is 7.12. The van der Waals surface area contributed by atoms with Crippen LogP contribution in [0, 0.1) is 0 Å². The Morgan fingerprint density at radius 2 is 2.40 bits per heavy atom. The van der Waals surface area contributed by atoms with Crippen molar-refractivity contribution in [1.29, 1.82) is 0 Å². The van der Waals surface area contributed by atoms with Gasteiger partial charge in [0.1, 0.15) is 4.21 Å². The van der Waals surface area contributed by atoms with Crippen LogP contribution in [0.1, 0.15) is 6.92 Å². The largest absolute Gasteiger partial charge is 0.378 e. The summed E-state index contributed by atoms with van der Waals surface area (Å²) >= 11 is 1.26. The number of nitrogens with zero attached hydrogens (tertiary/aromatic N) is 1. The number of ether oxygens (including phenoxy) is 1. The van der Waals surface area contributed by atoms with Crippen LogP contribution >= 0.6 is 11.3 Å². The fourth-order valence-electron chi connectivity index (χ4n) is 1.59. The summed E-state index contributed by atoms with van der Waals surface area (Å²) in [6, 6.07) is 3.32. The van der Waals surface area contributed by atoms with Gasteiger partial charge < -0.3 is 4.74 Å². The Hall–Kier alpha value is -0.430. The fourth-order valence-corrected chi connectivity index (χ4v) is 4.31. The lowest BCUT2D eigenvalue weighted by molar-refractivity contribution is 0.0393. The molecule has 84 valence electrons. The number of rotatable bonds is 2. The molecule has 1 aromatic rings. The Labute approximate surface area is 93.5 Å². The third-order valence-corrected chi connectivity index (χ3v) is 5.75. The molecule has 2 rings (SSSR count). The van der Waals surface area contributed by atoms with E-state index in [1.165, 1.54) is 15.6 Å². The van der Waals surface area contributed by atoms with Crippen LogP contribution in [0.4, 0.5) is 0 Å². The number of sulfonamides is 1.